The summed E-state index contributed by atoms with van der Waals surface area (Å²) in [5, 5.41) is 15.9. The van der Waals surface area contributed by atoms with Gasteiger partial charge in [-0.1, -0.05) is 23.2 Å². The largest absolute Gasteiger partial charge is 0.478 e. The molecule has 0 fully saturated rings. The molecule has 2 rings (SSSR count). The Morgan fingerprint density at radius 3 is 2.94 bits per heavy atom. The molecule has 0 saturated carbocycles. The van der Waals surface area contributed by atoms with E-state index in [1.807, 2.05) is 19.1 Å². The van der Waals surface area contributed by atoms with Crippen molar-refractivity contribution in [2.45, 2.75) is 6.92 Å². The van der Waals surface area contributed by atoms with Crippen molar-refractivity contribution in [3.05, 3.63) is 40.5 Å². The lowest BCUT2D eigenvalue weighted by Crippen LogP contribution is -1.97. The van der Waals surface area contributed by atoms with Gasteiger partial charge in [0.15, 0.2) is 0 Å². The Kier molecular flexibility index (Phi) is 2.66. The number of aromatic nitrogens is 2. The minimum atomic E-state index is -1.03. The van der Waals surface area contributed by atoms with Gasteiger partial charge in [0.1, 0.15) is 5.56 Å². The Hall–Kier alpha value is -1.81. The molecule has 4 nitrogen and oxygen atoms in total. The van der Waals surface area contributed by atoms with E-state index in [2.05, 4.69) is 10.2 Å². The van der Waals surface area contributed by atoms with Crippen LogP contribution in [0.1, 0.15) is 15.9 Å². The van der Waals surface area contributed by atoms with E-state index in [0.717, 1.165) is 5.56 Å². The van der Waals surface area contributed by atoms with E-state index in [4.69, 9.17) is 16.7 Å². The SMILES string of the molecule is Cc1ccc(Cl)c(-c2[nH]ncc2C(=O)O)c1. The van der Waals surface area contributed by atoms with Crippen LogP contribution in [0, 0.1) is 6.92 Å². The quantitative estimate of drug-likeness (QED) is 0.843. The van der Waals surface area contributed by atoms with Crippen LogP contribution < -0.4 is 0 Å². The Balaban J connectivity index is 2.62. The van der Waals surface area contributed by atoms with Crippen molar-refractivity contribution in [1.82, 2.24) is 10.2 Å². The summed E-state index contributed by atoms with van der Waals surface area (Å²) in [6, 6.07) is 5.42. The number of carboxylic acids is 1. The number of carboxylic acid groups (broad SMARTS) is 1. The molecule has 0 bridgehead atoms. The number of hydrogen-bond acceptors (Lipinski definition) is 2. The van der Waals surface area contributed by atoms with Gasteiger partial charge >= 0.3 is 5.97 Å². The molecule has 82 valence electrons. The predicted octanol–water partition coefficient (Wildman–Crippen LogP) is 2.74. The maximum Gasteiger partial charge on any atom is 0.339 e. The van der Waals surface area contributed by atoms with E-state index in [1.165, 1.54) is 6.20 Å². The Morgan fingerprint density at radius 2 is 2.25 bits per heavy atom. The summed E-state index contributed by atoms with van der Waals surface area (Å²) in [4.78, 5) is 10.9. The van der Waals surface area contributed by atoms with Crippen molar-refractivity contribution < 1.29 is 9.90 Å². The standard InChI is InChI=1S/C11H9ClN2O2/c1-6-2-3-9(12)7(4-6)10-8(11(15)16)5-13-14-10/h2-5H,1H3,(H,13,14)(H,15,16). The minimum Gasteiger partial charge on any atom is -0.478 e. The lowest BCUT2D eigenvalue weighted by molar-refractivity contribution is 0.0698. The minimum absolute atomic E-state index is 0.118. The number of rotatable bonds is 2. The van der Waals surface area contributed by atoms with Crippen LogP contribution in [-0.4, -0.2) is 21.3 Å². The number of benzene rings is 1. The molecule has 0 saturated heterocycles. The van der Waals surface area contributed by atoms with Gasteiger partial charge in [-0.15, -0.1) is 0 Å². The second kappa shape index (κ2) is 3.98. The smallest absolute Gasteiger partial charge is 0.339 e. The van der Waals surface area contributed by atoms with Gasteiger partial charge in [-0.2, -0.15) is 5.10 Å². The van der Waals surface area contributed by atoms with Crippen LogP contribution in [0.5, 0.6) is 0 Å². The first kappa shape index (κ1) is 10.7. The van der Waals surface area contributed by atoms with Gasteiger partial charge in [0.2, 0.25) is 0 Å². The average molecular weight is 237 g/mol. The summed E-state index contributed by atoms with van der Waals surface area (Å²) in [5.41, 5.74) is 2.20. The van der Waals surface area contributed by atoms with Gasteiger partial charge in [-0.3, -0.25) is 5.10 Å². The summed E-state index contributed by atoms with van der Waals surface area (Å²) in [6.45, 7) is 1.91. The van der Waals surface area contributed by atoms with E-state index in [9.17, 15) is 4.79 Å². The number of carbonyl (C=O) groups is 1. The van der Waals surface area contributed by atoms with Crippen molar-refractivity contribution >= 4 is 17.6 Å². The second-order valence-electron chi connectivity index (χ2n) is 3.45. The summed E-state index contributed by atoms with van der Waals surface area (Å²) in [6.07, 6.45) is 1.27. The second-order valence-corrected chi connectivity index (χ2v) is 3.85. The molecule has 1 aromatic heterocycles. The molecule has 1 heterocycles. The molecule has 0 radical (unpaired) electrons. The average Bonchev–Trinajstić information content (AvgIpc) is 2.70. The number of H-pyrrole nitrogens is 1. The Bertz CT molecular complexity index is 549. The number of hydrogen-bond donors (Lipinski definition) is 2. The monoisotopic (exact) mass is 236 g/mol. The Morgan fingerprint density at radius 1 is 1.50 bits per heavy atom. The highest BCUT2D eigenvalue weighted by Crippen LogP contribution is 2.29. The van der Waals surface area contributed by atoms with Crippen LogP contribution in [0.15, 0.2) is 24.4 Å². The highest BCUT2D eigenvalue weighted by atomic mass is 35.5. The van der Waals surface area contributed by atoms with Gasteiger partial charge in [0.05, 0.1) is 11.9 Å². The fourth-order valence-corrected chi connectivity index (χ4v) is 1.70. The molecule has 2 aromatic rings. The molecule has 0 aliphatic rings. The van der Waals surface area contributed by atoms with Gasteiger partial charge < -0.3 is 5.11 Å². The van der Waals surface area contributed by atoms with Gasteiger partial charge in [-0.25, -0.2) is 4.79 Å². The maximum absolute atomic E-state index is 10.9. The fourth-order valence-electron chi connectivity index (χ4n) is 1.48. The molecule has 2 N–H and O–H groups in total. The summed E-state index contributed by atoms with van der Waals surface area (Å²) < 4.78 is 0. The zero-order valence-corrected chi connectivity index (χ0v) is 9.25. The van der Waals surface area contributed by atoms with Crippen LogP contribution in [0.2, 0.25) is 5.02 Å². The summed E-state index contributed by atoms with van der Waals surface area (Å²) in [5.74, 6) is -1.03. The van der Waals surface area contributed by atoms with Gasteiger partial charge in [0.25, 0.3) is 0 Å². The number of nitrogens with zero attached hydrogens (tertiary/aromatic N) is 1. The van der Waals surface area contributed by atoms with E-state index in [1.54, 1.807) is 6.07 Å². The van der Waals surface area contributed by atoms with E-state index < -0.39 is 5.97 Å². The van der Waals surface area contributed by atoms with Crippen molar-refractivity contribution in [3.8, 4) is 11.3 Å². The molecule has 0 unspecified atom stereocenters. The number of aryl methyl sites for hydroxylation is 1. The predicted molar refractivity (Wildman–Crippen MR) is 60.7 cm³/mol. The first-order valence-electron chi connectivity index (χ1n) is 4.63. The van der Waals surface area contributed by atoms with Gasteiger partial charge in [-0.05, 0) is 19.1 Å². The summed E-state index contributed by atoms with van der Waals surface area (Å²) in [7, 11) is 0. The molecule has 0 atom stereocenters. The number of aromatic carboxylic acids is 1. The van der Waals surface area contributed by atoms with Crippen LogP contribution in [0.25, 0.3) is 11.3 Å². The first-order valence-corrected chi connectivity index (χ1v) is 5.00. The number of aromatic amines is 1. The van der Waals surface area contributed by atoms with Crippen molar-refractivity contribution in [1.29, 1.82) is 0 Å². The molecular formula is C11H9ClN2O2. The number of nitrogens with one attached hydrogen (secondary N) is 1. The molecule has 16 heavy (non-hydrogen) atoms. The third kappa shape index (κ3) is 1.79. The first-order chi connectivity index (χ1) is 7.59. The molecule has 0 aliphatic heterocycles. The zero-order valence-electron chi connectivity index (χ0n) is 8.49. The lowest BCUT2D eigenvalue weighted by atomic mass is 10.1. The van der Waals surface area contributed by atoms with Crippen LogP contribution in [-0.2, 0) is 0 Å². The molecular weight excluding hydrogens is 228 g/mol. The van der Waals surface area contributed by atoms with Crippen LogP contribution >= 0.6 is 11.6 Å². The third-order valence-corrected chi connectivity index (χ3v) is 2.59. The van der Waals surface area contributed by atoms with Crippen LogP contribution in [0.4, 0.5) is 0 Å². The van der Waals surface area contributed by atoms with Gasteiger partial charge in [0, 0.05) is 10.6 Å². The van der Waals surface area contributed by atoms with E-state index in [0.29, 0.717) is 16.3 Å². The third-order valence-electron chi connectivity index (χ3n) is 2.26. The molecule has 0 aliphatic carbocycles. The number of halogens is 1. The maximum atomic E-state index is 10.9. The van der Waals surface area contributed by atoms with Crippen LogP contribution in [0.3, 0.4) is 0 Å². The molecule has 5 heteroatoms. The highest BCUT2D eigenvalue weighted by molar-refractivity contribution is 6.33. The molecule has 0 amide bonds. The molecule has 0 spiro atoms. The Labute approximate surface area is 96.9 Å². The molecule has 1 aromatic carbocycles. The van der Waals surface area contributed by atoms with E-state index in [-0.39, 0.29) is 5.56 Å². The normalized spacial score (nSPS) is 10.4. The van der Waals surface area contributed by atoms with Crippen molar-refractivity contribution in [2.24, 2.45) is 0 Å². The topological polar surface area (TPSA) is 66.0 Å². The van der Waals surface area contributed by atoms with Crippen molar-refractivity contribution in [3.63, 3.8) is 0 Å². The lowest BCUT2D eigenvalue weighted by Gasteiger charge is -2.04. The highest BCUT2D eigenvalue weighted by Gasteiger charge is 2.16. The zero-order chi connectivity index (χ0) is 11.7. The fraction of sp³-hybridized carbons (Fsp3) is 0.0909. The van der Waals surface area contributed by atoms with Crippen molar-refractivity contribution in [2.75, 3.05) is 0 Å². The summed E-state index contributed by atoms with van der Waals surface area (Å²) >= 11 is 6.02. The van der Waals surface area contributed by atoms with E-state index >= 15 is 0 Å².